The molecule has 0 saturated heterocycles. The van der Waals surface area contributed by atoms with E-state index in [4.69, 9.17) is 0 Å². The summed E-state index contributed by atoms with van der Waals surface area (Å²) >= 11 is 0. The van der Waals surface area contributed by atoms with E-state index < -0.39 is 6.10 Å². The van der Waals surface area contributed by atoms with Crippen LogP contribution in [0.4, 0.5) is 15.8 Å². The molecule has 0 spiro atoms. The molecule has 0 heterocycles. The van der Waals surface area contributed by atoms with E-state index in [-0.39, 0.29) is 5.82 Å². The van der Waals surface area contributed by atoms with E-state index in [0.717, 1.165) is 16.9 Å². The first-order chi connectivity index (χ1) is 9.13. The fraction of sp³-hybridized carbons (Fsp3) is 0.250. The number of hydrogen-bond donors (Lipinski definition) is 1. The highest BCUT2D eigenvalue weighted by Gasteiger charge is 2.14. The summed E-state index contributed by atoms with van der Waals surface area (Å²) in [7, 11) is 0. The van der Waals surface area contributed by atoms with E-state index in [2.05, 4.69) is 0 Å². The standard InChI is InChI=1S/C16H18FNO/c1-3-18(14-8-6-7-13(17)11-14)16-10-5-4-9-15(16)12(2)19/h4-12,19H,3H2,1-2H3/t12-/m1/s1. The van der Waals surface area contributed by atoms with Gasteiger partial charge in [-0.25, -0.2) is 4.39 Å². The van der Waals surface area contributed by atoms with Gasteiger partial charge >= 0.3 is 0 Å². The summed E-state index contributed by atoms with van der Waals surface area (Å²) in [6.07, 6.45) is -0.557. The average molecular weight is 259 g/mol. The normalized spacial score (nSPS) is 12.2. The van der Waals surface area contributed by atoms with Crippen molar-refractivity contribution < 1.29 is 9.50 Å². The molecule has 1 atom stereocenters. The molecule has 0 aromatic heterocycles. The highest BCUT2D eigenvalue weighted by molar-refractivity contribution is 5.66. The van der Waals surface area contributed by atoms with Crippen molar-refractivity contribution in [2.75, 3.05) is 11.4 Å². The van der Waals surface area contributed by atoms with Crippen molar-refractivity contribution in [1.82, 2.24) is 0 Å². The molecule has 0 aliphatic carbocycles. The van der Waals surface area contributed by atoms with Crippen LogP contribution in [0.2, 0.25) is 0 Å². The Labute approximate surface area is 113 Å². The molecule has 0 aliphatic rings. The summed E-state index contributed by atoms with van der Waals surface area (Å²) in [5, 5.41) is 9.85. The fourth-order valence-electron chi connectivity index (χ4n) is 2.22. The summed E-state index contributed by atoms with van der Waals surface area (Å²) in [6, 6.07) is 14.1. The molecule has 0 aliphatic heterocycles. The van der Waals surface area contributed by atoms with E-state index in [1.54, 1.807) is 13.0 Å². The molecule has 0 saturated carbocycles. The van der Waals surface area contributed by atoms with E-state index in [1.807, 2.05) is 42.2 Å². The van der Waals surface area contributed by atoms with Crippen molar-refractivity contribution in [3.05, 3.63) is 59.9 Å². The van der Waals surface area contributed by atoms with Gasteiger partial charge in [0.05, 0.1) is 6.10 Å². The Hall–Kier alpha value is -1.87. The van der Waals surface area contributed by atoms with Gasteiger partial charge in [0.15, 0.2) is 0 Å². The van der Waals surface area contributed by atoms with E-state index in [0.29, 0.717) is 6.54 Å². The first kappa shape index (κ1) is 13.6. The molecule has 0 unspecified atom stereocenters. The van der Waals surface area contributed by atoms with Gasteiger partial charge in [0, 0.05) is 23.5 Å². The molecule has 2 aromatic carbocycles. The molecule has 2 nitrogen and oxygen atoms in total. The number of nitrogens with zero attached hydrogens (tertiary/aromatic N) is 1. The highest BCUT2D eigenvalue weighted by Crippen LogP contribution is 2.31. The van der Waals surface area contributed by atoms with Crippen molar-refractivity contribution in [1.29, 1.82) is 0 Å². The van der Waals surface area contributed by atoms with Crippen LogP contribution in [0.15, 0.2) is 48.5 Å². The largest absolute Gasteiger partial charge is 0.389 e. The Morgan fingerprint density at radius 3 is 2.53 bits per heavy atom. The number of anilines is 2. The molecule has 19 heavy (non-hydrogen) atoms. The van der Waals surface area contributed by atoms with Crippen LogP contribution in [-0.4, -0.2) is 11.7 Å². The average Bonchev–Trinajstić information content (AvgIpc) is 2.40. The number of benzene rings is 2. The second-order valence-electron chi connectivity index (χ2n) is 4.46. The minimum absolute atomic E-state index is 0.259. The molecule has 0 radical (unpaired) electrons. The molecular weight excluding hydrogens is 241 g/mol. The van der Waals surface area contributed by atoms with Gasteiger partial charge in [-0.15, -0.1) is 0 Å². The number of halogens is 1. The van der Waals surface area contributed by atoms with Crippen LogP contribution >= 0.6 is 0 Å². The monoisotopic (exact) mass is 259 g/mol. The van der Waals surface area contributed by atoms with Gasteiger partial charge in [0.2, 0.25) is 0 Å². The van der Waals surface area contributed by atoms with Gasteiger partial charge in [-0.1, -0.05) is 24.3 Å². The van der Waals surface area contributed by atoms with Gasteiger partial charge in [-0.3, -0.25) is 0 Å². The minimum atomic E-state index is -0.557. The van der Waals surface area contributed by atoms with E-state index in [9.17, 15) is 9.50 Å². The van der Waals surface area contributed by atoms with Gasteiger partial charge in [-0.2, -0.15) is 0 Å². The summed E-state index contributed by atoms with van der Waals surface area (Å²) < 4.78 is 13.4. The molecule has 3 heteroatoms. The van der Waals surface area contributed by atoms with Crippen LogP contribution in [0.3, 0.4) is 0 Å². The zero-order valence-corrected chi connectivity index (χ0v) is 11.2. The van der Waals surface area contributed by atoms with Crippen LogP contribution in [0.1, 0.15) is 25.5 Å². The van der Waals surface area contributed by atoms with Crippen LogP contribution in [0, 0.1) is 5.82 Å². The molecule has 2 aromatic rings. The van der Waals surface area contributed by atoms with E-state index >= 15 is 0 Å². The number of hydrogen-bond acceptors (Lipinski definition) is 2. The Kier molecular flexibility index (Phi) is 4.17. The molecule has 1 N–H and O–H groups in total. The lowest BCUT2D eigenvalue weighted by Crippen LogP contribution is -2.18. The molecule has 100 valence electrons. The lowest BCUT2D eigenvalue weighted by Gasteiger charge is -2.26. The third kappa shape index (κ3) is 2.93. The fourth-order valence-corrected chi connectivity index (χ4v) is 2.22. The van der Waals surface area contributed by atoms with Gasteiger partial charge in [0.1, 0.15) is 5.82 Å². The molecular formula is C16H18FNO. The zero-order valence-electron chi connectivity index (χ0n) is 11.2. The topological polar surface area (TPSA) is 23.5 Å². The highest BCUT2D eigenvalue weighted by atomic mass is 19.1. The Bertz CT molecular complexity index is 554. The van der Waals surface area contributed by atoms with Crippen molar-refractivity contribution in [3.8, 4) is 0 Å². The zero-order chi connectivity index (χ0) is 13.8. The third-order valence-corrected chi connectivity index (χ3v) is 3.11. The first-order valence-electron chi connectivity index (χ1n) is 6.43. The smallest absolute Gasteiger partial charge is 0.125 e. The van der Waals surface area contributed by atoms with Crippen molar-refractivity contribution in [3.63, 3.8) is 0 Å². The molecule has 2 rings (SSSR count). The lowest BCUT2D eigenvalue weighted by atomic mass is 10.1. The Balaban J connectivity index is 2.48. The number of para-hydroxylation sites is 1. The van der Waals surface area contributed by atoms with Crippen molar-refractivity contribution >= 4 is 11.4 Å². The van der Waals surface area contributed by atoms with Gasteiger partial charge in [0.25, 0.3) is 0 Å². The summed E-state index contributed by atoms with van der Waals surface area (Å²) in [5.74, 6) is -0.259. The number of rotatable bonds is 4. The quantitative estimate of drug-likeness (QED) is 0.895. The van der Waals surface area contributed by atoms with Gasteiger partial charge < -0.3 is 10.0 Å². The second-order valence-corrected chi connectivity index (χ2v) is 4.46. The Morgan fingerprint density at radius 2 is 1.89 bits per heavy atom. The lowest BCUT2D eigenvalue weighted by molar-refractivity contribution is 0.200. The molecule has 0 amide bonds. The predicted molar refractivity (Wildman–Crippen MR) is 76.2 cm³/mol. The third-order valence-electron chi connectivity index (χ3n) is 3.11. The maximum Gasteiger partial charge on any atom is 0.125 e. The predicted octanol–water partition coefficient (Wildman–Crippen LogP) is 4.04. The van der Waals surface area contributed by atoms with Crippen LogP contribution in [0.5, 0.6) is 0 Å². The number of aliphatic hydroxyl groups is 1. The van der Waals surface area contributed by atoms with Crippen LogP contribution in [0.25, 0.3) is 0 Å². The summed E-state index contributed by atoms with van der Waals surface area (Å²) in [6.45, 7) is 4.44. The SMILES string of the molecule is CCN(c1cccc(F)c1)c1ccccc1[C@@H](C)O. The van der Waals surface area contributed by atoms with Gasteiger partial charge in [-0.05, 0) is 38.1 Å². The first-order valence-corrected chi connectivity index (χ1v) is 6.43. The van der Waals surface area contributed by atoms with Crippen molar-refractivity contribution in [2.45, 2.75) is 20.0 Å². The maximum absolute atomic E-state index is 13.4. The minimum Gasteiger partial charge on any atom is -0.389 e. The Morgan fingerprint density at radius 1 is 1.16 bits per heavy atom. The summed E-state index contributed by atoms with van der Waals surface area (Å²) in [5.41, 5.74) is 2.54. The van der Waals surface area contributed by atoms with Crippen molar-refractivity contribution in [2.24, 2.45) is 0 Å². The molecule has 0 fully saturated rings. The van der Waals surface area contributed by atoms with E-state index in [1.165, 1.54) is 12.1 Å². The second kappa shape index (κ2) is 5.85. The van der Waals surface area contributed by atoms with Crippen LogP contribution < -0.4 is 4.90 Å². The van der Waals surface area contributed by atoms with Crippen LogP contribution in [-0.2, 0) is 0 Å². The molecule has 0 bridgehead atoms. The summed E-state index contributed by atoms with van der Waals surface area (Å²) in [4.78, 5) is 1.99. The maximum atomic E-state index is 13.4. The number of aliphatic hydroxyl groups excluding tert-OH is 1.